The van der Waals surface area contributed by atoms with Crippen molar-refractivity contribution in [2.24, 2.45) is 0 Å². The Morgan fingerprint density at radius 2 is 1.95 bits per heavy atom. The maximum Gasteiger partial charge on any atom is 0.217 e. The van der Waals surface area contributed by atoms with E-state index in [1.54, 1.807) is 18.3 Å². The normalized spacial score (nSPS) is 11.1. The first-order valence-corrected chi connectivity index (χ1v) is 5.85. The van der Waals surface area contributed by atoms with Crippen molar-refractivity contribution < 1.29 is 21.7 Å². The second-order valence-corrected chi connectivity index (χ2v) is 5.47. The predicted molar refractivity (Wildman–Crippen MR) is 73.4 cm³/mol. The van der Waals surface area contributed by atoms with Gasteiger partial charge in [-0.15, -0.1) is 0 Å². The van der Waals surface area contributed by atoms with Gasteiger partial charge in [0.15, 0.2) is 0 Å². The van der Waals surface area contributed by atoms with Crippen molar-refractivity contribution in [3.63, 3.8) is 0 Å². The van der Waals surface area contributed by atoms with E-state index in [0.29, 0.717) is 27.8 Å². The molecule has 2 rings (SSSR count). The number of hydrogen-bond acceptors (Lipinski definition) is 3. The van der Waals surface area contributed by atoms with Gasteiger partial charge in [-0.3, -0.25) is 9.78 Å². The number of nitrogens with two attached hydrogens (primary N) is 1. The number of carbonyl (C=O) groups is 1. The van der Waals surface area contributed by atoms with Crippen LogP contribution in [0.2, 0.25) is 0 Å². The SMILES string of the molecule is C[N+](C)(C)CC(=O)c1ccc(N)c2ncccc12.[Cl-]. The smallest absolute Gasteiger partial charge is 0.217 e. The second kappa shape index (κ2) is 5.55. The van der Waals surface area contributed by atoms with Crippen LogP contribution in [0.3, 0.4) is 0 Å². The molecular weight excluding hydrogens is 262 g/mol. The molecule has 0 saturated carbocycles. The summed E-state index contributed by atoms with van der Waals surface area (Å²) in [5.41, 5.74) is 7.87. The Labute approximate surface area is 119 Å². The van der Waals surface area contributed by atoms with Crippen LogP contribution in [0, 0.1) is 0 Å². The molecule has 0 amide bonds. The van der Waals surface area contributed by atoms with Gasteiger partial charge in [-0.05, 0) is 18.2 Å². The zero-order chi connectivity index (χ0) is 13.3. The van der Waals surface area contributed by atoms with Crippen LogP contribution in [-0.2, 0) is 0 Å². The number of rotatable bonds is 3. The van der Waals surface area contributed by atoms with Gasteiger partial charge in [0.2, 0.25) is 5.78 Å². The molecule has 4 nitrogen and oxygen atoms in total. The molecule has 0 atom stereocenters. The van der Waals surface area contributed by atoms with E-state index in [0.717, 1.165) is 5.39 Å². The van der Waals surface area contributed by atoms with Crippen molar-refractivity contribution in [2.75, 3.05) is 33.4 Å². The fraction of sp³-hybridized carbons (Fsp3) is 0.286. The number of nitrogens with zero attached hydrogens (tertiary/aromatic N) is 2. The van der Waals surface area contributed by atoms with Crippen LogP contribution in [0.4, 0.5) is 5.69 Å². The third-order valence-corrected chi connectivity index (χ3v) is 2.72. The Hall–Kier alpha value is -1.65. The van der Waals surface area contributed by atoms with Crippen molar-refractivity contribution in [3.8, 4) is 0 Å². The molecule has 0 aliphatic heterocycles. The minimum atomic E-state index is 0. The van der Waals surface area contributed by atoms with Crippen LogP contribution in [0.15, 0.2) is 30.5 Å². The van der Waals surface area contributed by atoms with Gasteiger partial charge in [0, 0.05) is 17.1 Å². The number of pyridine rings is 1. The first-order valence-electron chi connectivity index (χ1n) is 5.85. The van der Waals surface area contributed by atoms with Gasteiger partial charge >= 0.3 is 0 Å². The predicted octanol–water partition coefficient (Wildman–Crippen LogP) is -1.29. The highest BCUT2D eigenvalue weighted by Gasteiger charge is 2.18. The summed E-state index contributed by atoms with van der Waals surface area (Å²) in [6, 6.07) is 7.25. The molecule has 0 fully saturated rings. The van der Waals surface area contributed by atoms with Crippen LogP contribution < -0.4 is 18.1 Å². The number of carbonyl (C=O) groups excluding carboxylic acids is 1. The molecule has 19 heavy (non-hydrogen) atoms. The number of hydrogen-bond donors (Lipinski definition) is 1. The lowest BCUT2D eigenvalue weighted by Crippen LogP contribution is -3.00. The van der Waals surface area contributed by atoms with Gasteiger partial charge in [0.1, 0.15) is 6.54 Å². The highest BCUT2D eigenvalue weighted by molar-refractivity contribution is 6.10. The van der Waals surface area contributed by atoms with Gasteiger partial charge in [-0.2, -0.15) is 0 Å². The van der Waals surface area contributed by atoms with Crippen molar-refractivity contribution >= 4 is 22.4 Å². The second-order valence-electron chi connectivity index (χ2n) is 5.47. The average Bonchev–Trinajstić information content (AvgIpc) is 2.27. The minimum absolute atomic E-state index is 0. The lowest BCUT2D eigenvalue weighted by Gasteiger charge is -2.23. The Bertz CT molecular complexity index is 605. The summed E-state index contributed by atoms with van der Waals surface area (Å²) in [6.07, 6.45) is 1.69. The molecule has 1 aromatic carbocycles. The van der Waals surface area contributed by atoms with Crippen molar-refractivity contribution in [1.29, 1.82) is 0 Å². The molecule has 0 unspecified atom stereocenters. The molecule has 5 heteroatoms. The number of nitrogen functional groups attached to an aromatic ring is 1. The van der Waals surface area contributed by atoms with Crippen LogP contribution in [0.5, 0.6) is 0 Å². The number of anilines is 1. The molecule has 0 saturated heterocycles. The Kier molecular flexibility index (Phi) is 4.50. The third-order valence-electron chi connectivity index (χ3n) is 2.72. The van der Waals surface area contributed by atoms with Crippen molar-refractivity contribution in [2.45, 2.75) is 0 Å². The first kappa shape index (κ1) is 15.4. The van der Waals surface area contributed by atoms with Crippen LogP contribution >= 0.6 is 0 Å². The molecule has 0 bridgehead atoms. The van der Waals surface area contributed by atoms with Crippen molar-refractivity contribution in [1.82, 2.24) is 4.98 Å². The lowest BCUT2D eigenvalue weighted by molar-refractivity contribution is -0.861. The van der Waals surface area contributed by atoms with Crippen LogP contribution in [0.1, 0.15) is 10.4 Å². The molecule has 1 heterocycles. The molecule has 2 N–H and O–H groups in total. The van der Waals surface area contributed by atoms with E-state index in [2.05, 4.69) is 4.98 Å². The quantitative estimate of drug-likeness (QED) is 0.432. The van der Waals surface area contributed by atoms with E-state index < -0.39 is 0 Å². The fourth-order valence-corrected chi connectivity index (χ4v) is 1.95. The summed E-state index contributed by atoms with van der Waals surface area (Å²) >= 11 is 0. The van der Waals surface area contributed by atoms with E-state index in [4.69, 9.17) is 5.73 Å². The maximum atomic E-state index is 12.3. The fourth-order valence-electron chi connectivity index (χ4n) is 1.95. The zero-order valence-corrected chi connectivity index (χ0v) is 12.1. The number of quaternary nitrogens is 1. The highest BCUT2D eigenvalue weighted by atomic mass is 35.5. The number of benzene rings is 1. The number of aromatic nitrogens is 1. The molecule has 102 valence electrons. The van der Waals surface area contributed by atoms with E-state index in [-0.39, 0.29) is 18.2 Å². The van der Waals surface area contributed by atoms with Gasteiger partial charge in [0.25, 0.3) is 0 Å². The Morgan fingerprint density at radius 3 is 2.58 bits per heavy atom. The number of halogens is 1. The molecular formula is C14H18ClN3O. The molecule has 1 aromatic heterocycles. The summed E-state index contributed by atoms with van der Waals surface area (Å²) in [4.78, 5) is 16.5. The lowest BCUT2D eigenvalue weighted by atomic mass is 10.0. The number of Topliss-reactive ketones (excluding diaryl/α,β-unsaturated/α-hetero) is 1. The highest BCUT2D eigenvalue weighted by Crippen LogP contribution is 2.23. The summed E-state index contributed by atoms with van der Waals surface area (Å²) in [7, 11) is 5.99. The summed E-state index contributed by atoms with van der Waals surface area (Å²) < 4.78 is 0.602. The summed E-state index contributed by atoms with van der Waals surface area (Å²) in [5, 5.41) is 0.830. The van der Waals surface area contributed by atoms with Crippen LogP contribution in [0.25, 0.3) is 10.9 Å². The average molecular weight is 280 g/mol. The number of likely N-dealkylation sites (N-methyl/N-ethyl adjacent to an activating group) is 1. The van der Waals surface area contributed by atoms with Crippen molar-refractivity contribution in [3.05, 3.63) is 36.0 Å². The Balaban J connectivity index is 0.00000180. The summed E-state index contributed by atoms with van der Waals surface area (Å²) in [6.45, 7) is 0.452. The van der Waals surface area contributed by atoms with E-state index in [1.165, 1.54) is 0 Å². The topological polar surface area (TPSA) is 56.0 Å². The Morgan fingerprint density at radius 1 is 1.26 bits per heavy atom. The zero-order valence-electron chi connectivity index (χ0n) is 11.4. The third kappa shape index (κ3) is 3.43. The van der Waals surface area contributed by atoms with Gasteiger partial charge < -0.3 is 22.6 Å². The molecule has 0 aliphatic rings. The maximum absolute atomic E-state index is 12.3. The number of fused-ring (bicyclic) bond motifs is 1. The largest absolute Gasteiger partial charge is 1.00 e. The van der Waals surface area contributed by atoms with E-state index in [9.17, 15) is 4.79 Å². The van der Waals surface area contributed by atoms with Gasteiger partial charge in [0.05, 0.1) is 32.3 Å². The summed E-state index contributed by atoms with van der Waals surface area (Å²) in [5.74, 6) is 0.112. The molecule has 0 aliphatic carbocycles. The monoisotopic (exact) mass is 279 g/mol. The van der Waals surface area contributed by atoms with Gasteiger partial charge in [-0.1, -0.05) is 6.07 Å². The molecule has 0 radical (unpaired) electrons. The van der Waals surface area contributed by atoms with E-state index >= 15 is 0 Å². The standard InChI is InChI=1S/C14H17N3O.ClH/c1-17(2,3)9-13(18)10-6-7-12(15)14-11(10)5-4-8-16-14;/h4-8H,9H2,1-3H3,(H-,15,18);1H. The number of ketones is 1. The van der Waals surface area contributed by atoms with E-state index in [1.807, 2.05) is 33.3 Å². The van der Waals surface area contributed by atoms with Gasteiger partial charge in [-0.25, -0.2) is 0 Å². The minimum Gasteiger partial charge on any atom is -1.00 e. The first-order chi connectivity index (χ1) is 8.38. The molecule has 0 spiro atoms. The van der Waals surface area contributed by atoms with Crippen LogP contribution in [-0.4, -0.2) is 42.9 Å². The molecule has 2 aromatic rings.